The van der Waals surface area contributed by atoms with Gasteiger partial charge in [0, 0.05) is 33.9 Å². The molecule has 1 aliphatic heterocycles. The van der Waals surface area contributed by atoms with E-state index in [0.29, 0.717) is 6.10 Å². The monoisotopic (exact) mass is 271 g/mol. The van der Waals surface area contributed by atoms with Crippen molar-refractivity contribution in [1.29, 1.82) is 0 Å². The quantitative estimate of drug-likeness (QED) is 0.586. The highest BCUT2D eigenvalue weighted by atomic mass is 16.5. The number of ether oxygens (including phenoxy) is 2. The molecule has 5 heteroatoms. The van der Waals surface area contributed by atoms with E-state index in [0.717, 1.165) is 38.5 Å². The van der Waals surface area contributed by atoms with Crippen LogP contribution in [0.1, 0.15) is 33.6 Å². The van der Waals surface area contributed by atoms with Crippen LogP contribution in [0.2, 0.25) is 0 Å². The maximum atomic E-state index is 5.58. The zero-order valence-corrected chi connectivity index (χ0v) is 13.0. The third-order valence-electron chi connectivity index (χ3n) is 3.45. The zero-order chi connectivity index (χ0) is 14.3. The standard InChI is InChI=1S/C14H29N3O2/c1-14(2,3)12(18-5)10-17-13(15-4)16-9-11-7-6-8-19-11/h11-12H,6-10H2,1-5H3,(H2,15,16,17). The molecule has 1 saturated heterocycles. The fourth-order valence-electron chi connectivity index (χ4n) is 2.17. The molecule has 0 amide bonds. The Morgan fingerprint density at radius 3 is 2.63 bits per heavy atom. The molecule has 1 aliphatic rings. The zero-order valence-electron chi connectivity index (χ0n) is 13.0. The maximum Gasteiger partial charge on any atom is 0.191 e. The molecule has 0 aromatic carbocycles. The highest BCUT2D eigenvalue weighted by Gasteiger charge is 2.24. The number of rotatable bonds is 5. The number of guanidine groups is 1. The van der Waals surface area contributed by atoms with Gasteiger partial charge < -0.3 is 20.1 Å². The third-order valence-corrected chi connectivity index (χ3v) is 3.45. The van der Waals surface area contributed by atoms with E-state index in [2.05, 4.69) is 36.4 Å². The van der Waals surface area contributed by atoms with Crippen molar-refractivity contribution in [2.45, 2.75) is 45.8 Å². The van der Waals surface area contributed by atoms with Crippen LogP contribution >= 0.6 is 0 Å². The number of methoxy groups -OCH3 is 1. The first-order chi connectivity index (χ1) is 8.97. The minimum atomic E-state index is 0.106. The number of hydrogen-bond acceptors (Lipinski definition) is 3. The van der Waals surface area contributed by atoms with Crippen LogP contribution in [0.4, 0.5) is 0 Å². The molecule has 0 aromatic rings. The number of aliphatic imine (C=N–C) groups is 1. The lowest BCUT2D eigenvalue weighted by Crippen LogP contribution is -2.46. The van der Waals surface area contributed by atoms with Crippen LogP contribution in [0, 0.1) is 5.41 Å². The summed E-state index contributed by atoms with van der Waals surface area (Å²) >= 11 is 0. The summed E-state index contributed by atoms with van der Waals surface area (Å²) in [4.78, 5) is 4.22. The lowest BCUT2D eigenvalue weighted by Gasteiger charge is -2.30. The van der Waals surface area contributed by atoms with Crippen molar-refractivity contribution in [1.82, 2.24) is 10.6 Å². The van der Waals surface area contributed by atoms with Crippen LogP contribution in [0.5, 0.6) is 0 Å². The van der Waals surface area contributed by atoms with Crippen LogP contribution in [0.3, 0.4) is 0 Å². The van der Waals surface area contributed by atoms with Crippen LogP contribution in [0.25, 0.3) is 0 Å². The first-order valence-corrected chi connectivity index (χ1v) is 7.06. The van der Waals surface area contributed by atoms with E-state index in [9.17, 15) is 0 Å². The molecule has 0 radical (unpaired) electrons. The molecule has 2 unspecified atom stereocenters. The number of nitrogens with zero attached hydrogens (tertiary/aromatic N) is 1. The normalized spacial score (nSPS) is 22.4. The average molecular weight is 271 g/mol. The molecular weight excluding hydrogens is 242 g/mol. The molecule has 0 aromatic heterocycles. The van der Waals surface area contributed by atoms with E-state index in [1.165, 1.54) is 0 Å². The van der Waals surface area contributed by atoms with Crippen LogP contribution < -0.4 is 10.6 Å². The smallest absolute Gasteiger partial charge is 0.191 e. The van der Waals surface area contributed by atoms with Crippen molar-refractivity contribution >= 4 is 5.96 Å². The summed E-state index contributed by atoms with van der Waals surface area (Å²) in [6.45, 7) is 8.95. The van der Waals surface area contributed by atoms with Gasteiger partial charge in [-0.3, -0.25) is 4.99 Å². The fourth-order valence-corrected chi connectivity index (χ4v) is 2.17. The topological polar surface area (TPSA) is 54.9 Å². The molecule has 0 aliphatic carbocycles. The number of hydrogen-bond donors (Lipinski definition) is 2. The van der Waals surface area contributed by atoms with Crippen molar-refractivity contribution in [3.05, 3.63) is 0 Å². The molecule has 5 nitrogen and oxygen atoms in total. The van der Waals surface area contributed by atoms with E-state index in [4.69, 9.17) is 9.47 Å². The molecule has 0 spiro atoms. The second kappa shape index (κ2) is 7.70. The predicted molar refractivity (Wildman–Crippen MR) is 78.6 cm³/mol. The van der Waals surface area contributed by atoms with E-state index in [1.807, 2.05) is 0 Å². The molecule has 1 rings (SSSR count). The van der Waals surface area contributed by atoms with Crippen molar-refractivity contribution in [3.63, 3.8) is 0 Å². The predicted octanol–water partition coefficient (Wildman–Crippen LogP) is 1.39. The van der Waals surface area contributed by atoms with Crippen molar-refractivity contribution in [2.75, 3.05) is 33.9 Å². The largest absolute Gasteiger partial charge is 0.379 e. The molecule has 2 N–H and O–H groups in total. The highest BCUT2D eigenvalue weighted by molar-refractivity contribution is 5.79. The SMILES string of the molecule is CN=C(NCC1CCCO1)NCC(OC)C(C)(C)C. The molecule has 0 saturated carbocycles. The lowest BCUT2D eigenvalue weighted by molar-refractivity contribution is 0.0205. The number of nitrogens with one attached hydrogen (secondary N) is 2. The van der Waals surface area contributed by atoms with E-state index in [-0.39, 0.29) is 11.5 Å². The van der Waals surface area contributed by atoms with E-state index >= 15 is 0 Å². The Bertz CT molecular complexity index is 281. The minimum absolute atomic E-state index is 0.106. The van der Waals surface area contributed by atoms with Gasteiger partial charge in [-0.2, -0.15) is 0 Å². The Hall–Kier alpha value is -0.810. The minimum Gasteiger partial charge on any atom is -0.379 e. The summed E-state index contributed by atoms with van der Waals surface area (Å²) in [7, 11) is 3.53. The van der Waals surface area contributed by atoms with Gasteiger partial charge in [-0.25, -0.2) is 0 Å². The third kappa shape index (κ3) is 5.78. The van der Waals surface area contributed by atoms with Gasteiger partial charge >= 0.3 is 0 Å². The summed E-state index contributed by atoms with van der Waals surface area (Å²) in [6.07, 6.45) is 2.76. The Morgan fingerprint density at radius 2 is 2.16 bits per heavy atom. The van der Waals surface area contributed by atoms with Crippen molar-refractivity contribution in [2.24, 2.45) is 10.4 Å². The van der Waals surface area contributed by atoms with Gasteiger partial charge in [0.2, 0.25) is 0 Å². The Labute approximate surface area is 117 Å². The highest BCUT2D eigenvalue weighted by Crippen LogP contribution is 2.20. The van der Waals surface area contributed by atoms with Crippen LogP contribution in [0.15, 0.2) is 4.99 Å². The molecule has 0 bridgehead atoms. The molecule has 19 heavy (non-hydrogen) atoms. The summed E-state index contributed by atoms with van der Waals surface area (Å²) < 4.78 is 11.1. The first-order valence-electron chi connectivity index (χ1n) is 7.06. The molecule has 2 atom stereocenters. The summed E-state index contributed by atoms with van der Waals surface area (Å²) in [6, 6.07) is 0. The second-order valence-corrected chi connectivity index (χ2v) is 6.06. The van der Waals surface area contributed by atoms with Gasteiger partial charge in [0.15, 0.2) is 5.96 Å². The van der Waals surface area contributed by atoms with Crippen molar-refractivity contribution < 1.29 is 9.47 Å². The average Bonchev–Trinajstić information content (AvgIpc) is 2.85. The molecule has 112 valence electrons. The maximum absolute atomic E-state index is 5.58. The Kier molecular flexibility index (Phi) is 6.58. The fraction of sp³-hybridized carbons (Fsp3) is 0.929. The van der Waals surface area contributed by atoms with Crippen LogP contribution in [-0.2, 0) is 9.47 Å². The second-order valence-electron chi connectivity index (χ2n) is 6.06. The van der Waals surface area contributed by atoms with Crippen molar-refractivity contribution in [3.8, 4) is 0 Å². The van der Waals surface area contributed by atoms with Gasteiger partial charge in [0.25, 0.3) is 0 Å². The lowest BCUT2D eigenvalue weighted by atomic mass is 9.89. The van der Waals surface area contributed by atoms with Gasteiger partial charge in [-0.1, -0.05) is 20.8 Å². The first kappa shape index (κ1) is 16.2. The molecular formula is C14H29N3O2. The molecule has 1 fully saturated rings. The summed E-state index contributed by atoms with van der Waals surface area (Å²) in [5.74, 6) is 0.807. The Morgan fingerprint density at radius 1 is 1.42 bits per heavy atom. The van der Waals surface area contributed by atoms with Crippen LogP contribution in [-0.4, -0.2) is 52.0 Å². The molecule has 1 heterocycles. The van der Waals surface area contributed by atoms with Gasteiger partial charge in [0.1, 0.15) is 0 Å². The summed E-state index contributed by atoms with van der Waals surface area (Å²) in [5, 5.41) is 6.61. The Balaban J connectivity index is 2.31. The van der Waals surface area contributed by atoms with E-state index < -0.39 is 0 Å². The van der Waals surface area contributed by atoms with E-state index in [1.54, 1.807) is 14.2 Å². The van der Waals surface area contributed by atoms with Gasteiger partial charge in [-0.15, -0.1) is 0 Å². The summed E-state index contributed by atoms with van der Waals surface area (Å²) in [5.41, 5.74) is 0.106. The van der Waals surface area contributed by atoms with Gasteiger partial charge in [0.05, 0.1) is 12.2 Å². The van der Waals surface area contributed by atoms with Gasteiger partial charge in [-0.05, 0) is 18.3 Å².